The fourth-order valence-electron chi connectivity index (χ4n) is 3.10. The number of imidazole rings is 1. The van der Waals surface area contributed by atoms with Crippen LogP contribution in [0.5, 0.6) is 0 Å². The molecule has 1 N–H and O–H groups in total. The lowest BCUT2D eigenvalue weighted by atomic mass is 10.1. The van der Waals surface area contributed by atoms with Crippen LogP contribution >= 0.6 is 23.1 Å². The zero-order valence-electron chi connectivity index (χ0n) is 16.2. The van der Waals surface area contributed by atoms with Gasteiger partial charge in [0.2, 0.25) is 5.91 Å². The third-order valence-electron chi connectivity index (χ3n) is 4.50. The summed E-state index contributed by atoms with van der Waals surface area (Å²) >= 11 is 3.92. The van der Waals surface area contributed by atoms with E-state index >= 15 is 0 Å². The number of carbonyl (C=O) groups excluding carboxylic acids is 1. The molecular formula is C22H27N3OS2. The minimum absolute atomic E-state index is 0.0318. The molecule has 0 saturated carbocycles. The SMILES string of the molecule is CC(=O)Nc1ccc(CCCSC(CCc2cccs2)Cn2ccnc2)cc1. The summed E-state index contributed by atoms with van der Waals surface area (Å²) in [5.41, 5.74) is 2.18. The molecule has 0 saturated heterocycles. The van der Waals surface area contributed by atoms with Gasteiger partial charge in [0, 0.05) is 41.7 Å². The second-order valence-electron chi connectivity index (χ2n) is 6.85. The molecule has 4 nitrogen and oxygen atoms in total. The van der Waals surface area contributed by atoms with Gasteiger partial charge < -0.3 is 9.88 Å². The first-order valence-electron chi connectivity index (χ1n) is 9.65. The lowest BCUT2D eigenvalue weighted by Gasteiger charge is -2.17. The van der Waals surface area contributed by atoms with Crippen molar-refractivity contribution >= 4 is 34.7 Å². The van der Waals surface area contributed by atoms with E-state index in [0.29, 0.717) is 5.25 Å². The van der Waals surface area contributed by atoms with Gasteiger partial charge in [-0.1, -0.05) is 18.2 Å². The Hall–Kier alpha value is -2.05. The Kier molecular flexibility index (Phi) is 8.18. The molecule has 0 spiro atoms. The number of rotatable bonds is 11. The topological polar surface area (TPSA) is 46.9 Å². The van der Waals surface area contributed by atoms with Crippen molar-refractivity contribution in [3.8, 4) is 0 Å². The van der Waals surface area contributed by atoms with Crippen molar-refractivity contribution in [3.63, 3.8) is 0 Å². The average molecular weight is 414 g/mol. The second kappa shape index (κ2) is 11.1. The lowest BCUT2D eigenvalue weighted by Crippen LogP contribution is -2.14. The number of anilines is 1. The highest BCUT2D eigenvalue weighted by atomic mass is 32.2. The Morgan fingerprint density at radius 3 is 2.79 bits per heavy atom. The number of nitrogens with one attached hydrogen (secondary N) is 1. The first-order chi connectivity index (χ1) is 13.7. The zero-order chi connectivity index (χ0) is 19.6. The Balaban J connectivity index is 1.43. The quantitative estimate of drug-likeness (QED) is 0.436. The van der Waals surface area contributed by atoms with E-state index < -0.39 is 0 Å². The van der Waals surface area contributed by atoms with Crippen LogP contribution in [0.4, 0.5) is 5.69 Å². The van der Waals surface area contributed by atoms with E-state index in [1.165, 1.54) is 23.8 Å². The molecule has 0 fully saturated rings. The number of hydrogen-bond donors (Lipinski definition) is 1. The molecule has 3 aromatic rings. The number of thioether (sulfide) groups is 1. The first kappa shape index (κ1) is 20.7. The Morgan fingerprint density at radius 1 is 1.25 bits per heavy atom. The lowest BCUT2D eigenvalue weighted by molar-refractivity contribution is -0.114. The number of aryl methyl sites for hydroxylation is 2. The third kappa shape index (κ3) is 7.17. The highest BCUT2D eigenvalue weighted by Gasteiger charge is 2.11. The van der Waals surface area contributed by atoms with Gasteiger partial charge in [-0.05, 0) is 60.6 Å². The van der Waals surface area contributed by atoms with Gasteiger partial charge >= 0.3 is 0 Å². The Labute approximate surface area is 175 Å². The van der Waals surface area contributed by atoms with E-state index in [9.17, 15) is 4.79 Å². The summed E-state index contributed by atoms with van der Waals surface area (Å²) in [6.45, 7) is 2.55. The van der Waals surface area contributed by atoms with Gasteiger partial charge in [0.25, 0.3) is 0 Å². The molecule has 0 bridgehead atoms. The standard InChI is InChI=1S/C22H27N3OS2/c1-18(26)24-20-8-6-19(7-9-20)4-2-14-28-22(16-25-13-12-23-17-25)11-10-21-5-3-15-27-21/h3,5-9,12-13,15,17,22H,2,4,10-11,14,16H2,1H3,(H,24,26). The van der Waals surface area contributed by atoms with Gasteiger partial charge in [0.05, 0.1) is 6.33 Å². The van der Waals surface area contributed by atoms with Gasteiger partial charge in [0.15, 0.2) is 0 Å². The molecule has 1 aromatic carbocycles. The maximum Gasteiger partial charge on any atom is 0.221 e. The number of carbonyl (C=O) groups is 1. The monoisotopic (exact) mass is 413 g/mol. The van der Waals surface area contributed by atoms with E-state index in [0.717, 1.165) is 37.2 Å². The van der Waals surface area contributed by atoms with Crippen LogP contribution in [0.25, 0.3) is 0 Å². The van der Waals surface area contributed by atoms with Gasteiger partial charge in [-0.2, -0.15) is 11.8 Å². The van der Waals surface area contributed by atoms with Crippen LogP contribution < -0.4 is 5.32 Å². The molecule has 1 unspecified atom stereocenters. The largest absolute Gasteiger partial charge is 0.336 e. The molecule has 2 heterocycles. The third-order valence-corrected chi connectivity index (χ3v) is 6.82. The summed E-state index contributed by atoms with van der Waals surface area (Å²) in [6.07, 6.45) is 10.4. The van der Waals surface area contributed by atoms with Gasteiger partial charge in [0.1, 0.15) is 0 Å². The smallest absolute Gasteiger partial charge is 0.221 e. The molecule has 0 aliphatic rings. The van der Waals surface area contributed by atoms with Crippen molar-refractivity contribution in [3.05, 3.63) is 70.9 Å². The van der Waals surface area contributed by atoms with Crippen LogP contribution in [0.15, 0.2) is 60.5 Å². The van der Waals surface area contributed by atoms with Crippen molar-refractivity contribution in [2.75, 3.05) is 11.1 Å². The fraction of sp³-hybridized carbons (Fsp3) is 0.364. The highest BCUT2D eigenvalue weighted by molar-refractivity contribution is 7.99. The van der Waals surface area contributed by atoms with E-state index in [2.05, 4.69) is 62.5 Å². The normalized spacial score (nSPS) is 12.0. The Bertz CT molecular complexity index is 814. The van der Waals surface area contributed by atoms with E-state index in [4.69, 9.17) is 0 Å². The molecule has 6 heteroatoms. The average Bonchev–Trinajstić information content (AvgIpc) is 3.38. The van der Waals surface area contributed by atoms with E-state index in [1.807, 2.05) is 36.0 Å². The predicted octanol–water partition coefficient (Wildman–Crippen LogP) is 5.27. The maximum atomic E-state index is 11.1. The van der Waals surface area contributed by atoms with Crippen LogP contribution in [-0.2, 0) is 24.2 Å². The molecule has 28 heavy (non-hydrogen) atoms. The van der Waals surface area contributed by atoms with E-state index in [-0.39, 0.29) is 5.91 Å². The summed E-state index contributed by atoms with van der Waals surface area (Å²) in [4.78, 5) is 16.7. The molecule has 0 aliphatic heterocycles. The molecule has 3 rings (SSSR count). The minimum atomic E-state index is -0.0318. The molecule has 0 aliphatic carbocycles. The highest BCUT2D eigenvalue weighted by Crippen LogP contribution is 2.23. The maximum absolute atomic E-state index is 11.1. The number of hydrogen-bond acceptors (Lipinski definition) is 4. The summed E-state index contributed by atoms with van der Waals surface area (Å²) in [5, 5.41) is 5.56. The minimum Gasteiger partial charge on any atom is -0.336 e. The first-order valence-corrected chi connectivity index (χ1v) is 11.6. The summed E-state index contributed by atoms with van der Waals surface area (Å²) in [6, 6.07) is 12.5. The van der Waals surface area contributed by atoms with Crippen LogP contribution in [0.1, 0.15) is 30.2 Å². The van der Waals surface area contributed by atoms with Gasteiger partial charge in [-0.15, -0.1) is 11.3 Å². The number of thiophene rings is 1. The van der Waals surface area contributed by atoms with Crippen LogP contribution in [0.3, 0.4) is 0 Å². The molecule has 1 amide bonds. The number of nitrogens with zero attached hydrogens (tertiary/aromatic N) is 2. The molecule has 2 aromatic heterocycles. The van der Waals surface area contributed by atoms with Crippen LogP contribution in [0, 0.1) is 0 Å². The van der Waals surface area contributed by atoms with Gasteiger partial charge in [-0.25, -0.2) is 4.98 Å². The predicted molar refractivity (Wildman–Crippen MR) is 120 cm³/mol. The van der Waals surface area contributed by atoms with Crippen molar-refractivity contribution in [1.82, 2.24) is 9.55 Å². The van der Waals surface area contributed by atoms with Crippen molar-refractivity contribution in [1.29, 1.82) is 0 Å². The van der Waals surface area contributed by atoms with Crippen LogP contribution in [-0.4, -0.2) is 26.5 Å². The van der Waals surface area contributed by atoms with Crippen molar-refractivity contribution in [2.24, 2.45) is 0 Å². The van der Waals surface area contributed by atoms with Crippen molar-refractivity contribution in [2.45, 2.75) is 44.4 Å². The number of aromatic nitrogens is 2. The van der Waals surface area contributed by atoms with Crippen LogP contribution in [0.2, 0.25) is 0 Å². The number of amides is 1. The molecular weight excluding hydrogens is 386 g/mol. The summed E-state index contributed by atoms with van der Waals surface area (Å²) in [7, 11) is 0. The van der Waals surface area contributed by atoms with Gasteiger partial charge in [-0.3, -0.25) is 4.79 Å². The van der Waals surface area contributed by atoms with Crippen molar-refractivity contribution < 1.29 is 4.79 Å². The molecule has 0 radical (unpaired) electrons. The Morgan fingerprint density at radius 2 is 2.11 bits per heavy atom. The molecule has 148 valence electrons. The zero-order valence-corrected chi connectivity index (χ0v) is 17.8. The second-order valence-corrected chi connectivity index (χ2v) is 9.29. The molecule has 1 atom stereocenters. The summed E-state index contributed by atoms with van der Waals surface area (Å²) in [5.74, 6) is 1.12. The fourth-order valence-corrected chi connectivity index (χ4v) is 5.03. The number of benzene rings is 1. The van der Waals surface area contributed by atoms with E-state index in [1.54, 1.807) is 0 Å². The summed E-state index contributed by atoms with van der Waals surface area (Å²) < 4.78 is 2.19.